The van der Waals surface area contributed by atoms with Gasteiger partial charge in [0.15, 0.2) is 5.13 Å². The van der Waals surface area contributed by atoms with E-state index in [0.29, 0.717) is 47.6 Å². The maximum absolute atomic E-state index is 13.5. The number of ether oxygens (including phenoxy) is 1. The van der Waals surface area contributed by atoms with E-state index in [1.165, 1.54) is 23.5 Å². The minimum atomic E-state index is -0.332. The summed E-state index contributed by atoms with van der Waals surface area (Å²) in [6, 6.07) is 12.6. The van der Waals surface area contributed by atoms with Crippen LogP contribution in [0.15, 0.2) is 36.4 Å². The molecule has 0 aliphatic carbocycles. The van der Waals surface area contributed by atoms with E-state index in [1.54, 1.807) is 12.1 Å². The summed E-state index contributed by atoms with van der Waals surface area (Å²) < 4.78 is 20.9. The maximum atomic E-state index is 13.5. The summed E-state index contributed by atoms with van der Waals surface area (Å²) in [5.41, 5.74) is 6.17. The standard InChI is InChI=1S/C30H32FN7O2S/c1-4-24-28(35(3)30-33-27(26(17-32)41-30)20-5-7-22(31)8-6-20)25-16-23(15-19(2)38(25)34-24)36-10-12-37(13-11-36)29(39)21-9-14-40-18-21/h5-8,15-16,21H,4,9-14,18H2,1-3H3/t21-/m1/s1. The van der Waals surface area contributed by atoms with Gasteiger partial charge in [-0.05, 0) is 56.2 Å². The van der Waals surface area contributed by atoms with E-state index >= 15 is 0 Å². The number of rotatable bonds is 6. The highest BCUT2D eigenvalue weighted by Gasteiger charge is 2.31. The number of nitrogens with zero attached hydrogens (tertiary/aromatic N) is 7. The Morgan fingerprint density at radius 3 is 2.63 bits per heavy atom. The van der Waals surface area contributed by atoms with Crippen LogP contribution >= 0.6 is 11.3 Å². The molecule has 2 saturated heterocycles. The Hall–Kier alpha value is -4.01. The van der Waals surface area contributed by atoms with E-state index in [4.69, 9.17) is 14.8 Å². The van der Waals surface area contributed by atoms with Crippen molar-refractivity contribution in [1.29, 1.82) is 5.26 Å². The Morgan fingerprint density at radius 2 is 1.98 bits per heavy atom. The van der Waals surface area contributed by atoms with Crippen LogP contribution in [0.1, 0.15) is 29.6 Å². The molecular formula is C30H32FN7O2S. The van der Waals surface area contributed by atoms with Crippen LogP contribution in [-0.4, -0.2) is 71.8 Å². The highest BCUT2D eigenvalue weighted by Crippen LogP contribution is 2.39. The summed E-state index contributed by atoms with van der Waals surface area (Å²) in [6.45, 7) is 8.23. The molecule has 0 bridgehead atoms. The number of hydrogen-bond donors (Lipinski definition) is 0. The molecule has 2 fully saturated rings. The number of carbonyl (C=O) groups is 1. The Kier molecular flexibility index (Phi) is 7.36. The number of benzene rings is 1. The van der Waals surface area contributed by atoms with E-state index in [0.717, 1.165) is 54.2 Å². The second kappa shape index (κ2) is 11.1. The highest BCUT2D eigenvalue weighted by atomic mass is 32.1. The second-order valence-corrected chi connectivity index (χ2v) is 11.5. The highest BCUT2D eigenvalue weighted by molar-refractivity contribution is 7.16. The predicted octanol–water partition coefficient (Wildman–Crippen LogP) is 4.79. The van der Waals surface area contributed by atoms with E-state index in [-0.39, 0.29) is 17.6 Å². The first-order chi connectivity index (χ1) is 19.9. The number of carbonyl (C=O) groups excluding carboxylic acids is 1. The molecule has 0 N–H and O–H groups in total. The van der Waals surface area contributed by atoms with Crippen LogP contribution in [0.25, 0.3) is 16.8 Å². The molecule has 9 nitrogen and oxygen atoms in total. The van der Waals surface area contributed by atoms with E-state index in [2.05, 4.69) is 36.9 Å². The molecule has 2 aliphatic rings. The second-order valence-electron chi connectivity index (χ2n) is 10.5. The molecule has 0 radical (unpaired) electrons. The molecule has 1 aromatic carbocycles. The Balaban J connectivity index is 1.31. The van der Waals surface area contributed by atoms with Crippen molar-refractivity contribution in [2.75, 3.05) is 56.2 Å². The van der Waals surface area contributed by atoms with Crippen molar-refractivity contribution in [3.8, 4) is 17.3 Å². The average Bonchev–Trinajstić information content (AvgIpc) is 3.76. The van der Waals surface area contributed by atoms with Crippen molar-refractivity contribution < 1.29 is 13.9 Å². The molecule has 0 unspecified atom stereocenters. The fraction of sp³-hybridized carbons (Fsp3) is 0.400. The summed E-state index contributed by atoms with van der Waals surface area (Å²) in [5.74, 6) is -0.129. The molecule has 1 atom stereocenters. The molecule has 2 aliphatic heterocycles. The average molecular weight is 574 g/mol. The predicted molar refractivity (Wildman–Crippen MR) is 157 cm³/mol. The minimum absolute atomic E-state index is 0.00604. The van der Waals surface area contributed by atoms with E-state index in [9.17, 15) is 14.4 Å². The Bertz CT molecular complexity index is 1630. The van der Waals surface area contributed by atoms with Gasteiger partial charge < -0.3 is 19.4 Å². The van der Waals surface area contributed by atoms with Gasteiger partial charge in [-0.15, -0.1) is 0 Å². The lowest BCUT2D eigenvalue weighted by Crippen LogP contribution is -2.50. The van der Waals surface area contributed by atoms with Crippen molar-refractivity contribution in [3.05, 3.63) is 58.5 Å². The Morgan fingerprint density at radius 1 is 1.22 bits per heavy atom. The van der Waals surface area contributed by atoms with Gasteiger partial charge in [0.2, 0.25) is 5.91 Å². The molecule has 5 heterocycles. The number of amides is 1. The number of thiazole rings is 1. The molecule has 11 heteroatoms. The zero-order chi connectivity index (χ0) is 28.7. The molecular weight excluding hydrogens is 541 g/mol. The van der Waals surface area contributed by atoms with Gasteiger partial charge in [0.05, 0.1) is 29.4 Å². The molecule has 1 amide bonds. The number of aromatic nitrogens is 3. The monoisotopic (exact) mass is 573 g/mol. The van der Waals surface area contributed by atoms with Crippen LogP contribution in [0, 0.1) is 30.0 Å². The zero-order valence-corrected chi connectivity index (χ0v) is 24.2. The SMILES string of the molecule is CCc1nn2c(C)cc(N3CCN(C(=O)[C@@H]4CCOC4)CC3)cc2c1N(C)c1nc(-c2ccc(F)cc2)c(C#N)s1. The Labute approximate surface area is 242 Å². The zero-order valence-electron chi connectivity index (χ0n) is 23.4. The van der Waals surface area contributed by atoms with Gasteiger partial charge in [0.1, 0.15) is 22.5 Å². The van der Waals surface area contributed by atoms with Crippen LogP contribution in [0.3, 0.4) is 0 Å². The number of halogens is 1. The van der Waals surface area contributed by atoms with Gasteiger partial charge in [-0.2, -0.15) is 10.4 Å². The van der Waals surface area contributed by atoms with Crippen molar-refractivity contribution >= 4 is 39.3 Å². The third-order valence-corrected chi connectivity index (χ3v) is 9.00. The normalized spacial score (nSPS) is 17.3. The van der Waals surface area contributed by atoms with Crippen molar-refractivity contribution in [2.24, 2.45) is 5.92 Å². The van der Waals surface area contributed by atoms with Crippen LogP contribution in [0.5, 0.6) is 0 Å². The van der Waals surface area contributed by atoms with Crippen LogP contribution in [0.2, 0.25) is 0 Å². The summed E-state index contributed by atoms with van der Waals surface area (Å²) in [6.07, 6.45) is 1.54. The fourth-order valence-corrected chi connectivity index (χ4v) is 6.56. The van der Waals surface area contributed by atoms with Crippen LogP contribution in [0.4, 0.5) is 20.9 Å². The van der Waals surface area contributed by atoms with Crippen molar-refractivity contribution in [3.63, 3.8) is 0 Å². The topological polar surface area (TPSA) is 90.0 Å². The molecule has 4 aromatic rings. The van der Waals surface area contributed by atoms with E-state index < -0.39 is 0 Å². The quantitative estimate of drug-likeness (QED) is 0.328. The lowest BCUT2D eigenvalue weighted by atomic mass is 10.1. The summed E-state index contributed by atoms with van der Waals surface area (Å²) >= 11 is 1.31. The summed E-state index contributed by atoms with van der Waals surface area (Å²) in [7, 11) is 1.95. The molecule has 41 heavy (non-hydrogen) atoms. The van der Waals surface area contributed by atoms with Crippen LogP contribution < -0.4 is 9.80 Å². The number of anilines is 3. The first kappa shape index (κ1) is 27.2. The van der Waals surface area contributed by atoms with Crippen molar-refractivity contribution in [1.82, 2.24) is 19.5 Å². The minimum Gasteiger partial charge on any atom is -0.381 e. The first-order valence-electron chi connectivity index (χ1n) is 13.9. The van der Waals surface area contributed by atoms with Crippen molar-refractivity contribution in [2.45, 2.75) is 26.7 Å². The largest absolute Gasteiger partial charge is 0.381 e. The summed E-state index contributed by atoms with van der Waals surface area (Å²) in [4.78, 5) is 24.5. The number of aryl methyl sites for hydroxylation is 2. The fourth-order valence-electron chi connectivity index (χ4n) is 5.71. The molecule has 6 rings (SSSR count). The van der Waals surface area contributed by atoms with Gasteiger partial charge in [-0.1, -0.05) is 18.3 Å². The molecule has 0 saturated carbocycles. The van der Waals surface area contributed by atoms with Gasteiger partial charge in [0.25, 0.3) is 0 Å². The summed E-state index contributed by atoms with van der Waals surface area (Å²) in [5, 5.41) is 15.4. The smallest absolute Gasteiger partial charge is 0.228 e. The molecule has 3 aromatic heterocycles. The van der Waals surface area contributed by atoms with Gasteiger partial charge in [-0.3, -0.25) is 4.79 Å². The number of fused-ring (bicyclic) bond motifs is 1. The van der Waals surface area contributed by atoms with Gasteiger partial charge >= 0.3 is 0 Å². The van der Waals surface area contributed by atoms with E-state index in [1.807, 2.05) is 21.4 Å². The third kappa shape index (κ3) is 5.02. The lowest BCUT2D eigenvalue weighted by Gasteiger charge is -2.37. The third-order valence-electron chi connectivity index (χ3n) is 7.97. The molecule has 212 valence electrons. The number of nitriles is 1. The number of hydrogen-bond acceptors (Lipinski definition) is 8. The van der Waals surface area contributed by atoms with Crippen LogP contribution in [-0.2, 0) is 16.0 Å². The molecule has 0 spiro atoms. The van der Waals surface area contributed by atoms with Gasteiger partial charge in [0, 0.05) is 56.8 Å². The number of piperazine rings is 1. The maximum Gasteiger partial charge on any atom is 0.228 e. The van der Waals surface area contributed by atoms with Gasteiger partial charge in [-0.25, -0.2) is 13.9 Å². The number of pyridine rings is 1. The lowest BCUT2D eigenvalue weighted by molar-refractivity contribution is -0.135. The first-order valence-corrected chi connectivity index (χ1v) is 14.7.